The number of nitrogens with zero attached hydrogens (tertiary/aromatic N) is 2. The predicted octanol–water partition coefficient (Wildman–Crippen LogP) is 0.408. The molecule has 0 N–H and O–H groups in total. The number of benzene rings is 2. The molecule has 0 spiro atoms. The van der Waals surface area contributed by atoms with E-state index >= 15 is 0 Å². The summed E-state index contributed by atoms with van der Waals surface area (Å²) < 4.78 is 20.8. The Morgan fingerprint density at radius 2 is 1.63 bits per heavy atom. The van der Waals surface area contributed by atoms with Crippen LogP contribution in [-0.2, 0) is 13.0 Å². The molecule has 3 aromatic rings. The zero-order valence-corrected chi connectivity index (χ0v) is 17.3. The maximum Gasteiger partial charge on any atom is 0.262 e. The lowest BCUT2D eigenvalue weighted by Crippen LogP contribution is -3.00. The van der Waals surface area contributed by atoms with E-state index in [1.165, 1.54) is 12.2 Å². The maximum absolute atomic E-state index is 5.49. The Morgan fingerprint density at radius 3 is 2.30 bits per heavy atom. The molecule has 1 aromatic heterocycles. The summed E-state index contributed by atoms with van der Waals surface area (Å²) in [7, 11) is 5.01. The van der Waals surface area contributed by atoms with Gasteiger partial charge in [0.15, 0.2) is 17.2 Å². The Hall–Kier alpha value is -2.47. The Labute approximate surface area is 169 Å². The summed E-state index contributed by atoms with van der Waals surface area (Å²) in [6.45, 7) is 1.05. The van der Waals surface area contributed by atoms with Crippen LogP contribution in [0.1, 0.15) is 12.2 Å². The number of aromatic nitrogens is 2. The Balaban J connectivity index is 0.00000210. The van der Waals surface area contributed by atoms with Crippen LogP contribution in [0.15, 0.2) is 48.7 Å². The van der Waals surface area contributed by atoms with Crippen molar-refractivity contribution in [3.05, 3.63) is 54.5 Å². The number of ether oxygens (including phenoxy) is 3. The van der Waals surface area contributed by atoms with Gasteiger partial charge in [-0.1, -0.05) is 0 Å². The van der Waals surface area contributed by atoms with Crippen LogP contribution in [0.25, 0.3) is 16.9 Å². The minimum atomic E-state index is 0. The fourth-order valence-corrected chi connectivity index (χ4v) is 3.62. The molecule has 6 heteroatoms. The van der Waals surface area contributed by atoms with Crippen molar-refractivity contribution in [2.45, 2.75) is 19.4 Å². The van der Waals surface area contributed by atoms with E-state index in [4.69, 9.17) is 14.2 Å². The van der Waals surface area contributed by atoms with Crippen LogP contribution < -0.4 is 35.8 Å². The van der Waals surface area contributed by atoms with Gasteiger partial charge in [-0.25, -0.2) is 4.57 Å². The second kappa shape index (κ2) is 8.05. The molecule has 0 amide bonds. The number of aryl methyl sites for hydroxylation is 1. The van der Waals surface area contributed by atoms with Gasteiger partial charge in [0.1, 0.15) is 17.6 Å². The number of fused-ring (bicyclic) bond motifs is 1. The molecule has 0 bridgehead atoms. The van der Waals surface area contributed by atoms with Crippen LogP contribution in [-0.4, -0.2) is 25.9 Å². The van der Waals surface area contributed by atoms with Crippen molar-refractivity contribution in [1.29, 1.82) is 0 Å². The fraction of sp³-hybridized carbons (Fsp3) is 0.286. The van der Waals surface area contributed by atoms with Crippen LogP contribution >= 0.6 is 0 Å². The van der Waals surface area contributed by atoms with Crippen molar-refractivity contribution in [2.24, 2.45) is 0 Å². The zero-order chi connectivity index (χ0) is 18.1. The smallest absolute Gasteiger partial charge is 0.262 e. The molecule has 142 valence electrons. The van der Waals surface area contributed by atoms with Gasteiger partial charge in [0.25, 0.3) is 5.82 Å². The van der Waals surface area contributed by atoms with Gasteiger partial charge in [0, 0.05) is 5.56 Å². The molecule has 2 aromatic carbocycles. The van der Waals surface area contributed by atoms with Gasteiger partial charge in [0.05, 0.1) is 34.3 Å². The molecule has 1 aliphatic rings. The SMILES string of the molecule is COc1ccc(-n2c(-c3ccc(OC)c(OC)c3)c[n+]3c2CCC3)cc1.[Br-]. The minimum Gasteiger partial charge on any atom is -1.00 e. The summed E-state index contributed by atoms with van der Waals surface area (Å²) in [6, 6.07) is 14.3. The van der Waals surface area contributed by atoms with E-state index in [9.17, 15) is 0 Å². The average molecular weight is 431 g/mol. The van der Waals surface area contributed by atoms with Crippen LogP contribution in [0.5, 0.6) is 17.2 Å². The average Bonchev–Trinajstić information content (AvgIpc) is 3.28. The molecule has 27 heavy (non-hydrogen) atoms. The molecule has 2 heterocycles. The fourth-order valence-electron chi connectivity index (χ4n) is 3.62. The van der Waals surface area contributed by atoms with Crippen LogP contribution in [0.3, 0.4) is 0 Å². The summed E-state index contributed by atoms with van der Waals surface area (Å²) in [5, 5.41) is 0. The Bertz CT molecular complexity index is 935. The van der Waals surface area contributed by atoms with Gasteiger partial charge in [-0.3, -0.25) is 0 Å². The van der Waals surface area contributed by atoms with Crippen LogP contribution in [0, 0.1) is 0 Å². The van der Waals surface area contributed by atoms with Gasteiger partial charge < -0.3 is 31.2 Å². The van der Waals surface area contributed by atoms with E-state index in [2.05, 4.69) is 33.5 Å². The number of hydrogen-bond donors (Lipinski definition) is 0. The normalized spacial score (nSPS) is 12.3. The lowest BCUT2D eigenvalue weighted by Gasteiger charge is -2.10. The van der Waals surface area contributed by atoms with Crippen LogP contribution in [0.2, 0.25) is 0 Å². The topological polar surface area (TPSA) is 36.5 Å². The largest absolute Gasteiger partial charge is 1.00 e. The number of rotatable bonds is 5. The van der Waals surface area contributed by atoms with E-state index in [-0.39, 0.29) is 17.0 Å². The van der Waals surface area contributed by atoms with Gasteiger partial charge >= 0.3 is 0 Å². The van der Waals surface area contributed by atoms with Gasteiger partial charge in [-0.15, -0.1) is 0 Å². The number of methoxy groups -OCH3 is 3. The first-order chi connectivity index (χ1) is 12.7. The summed E-state index contributed by atoms with van der Waals surface area (Å²) in [5.41, 5.74) is 3.37. The monoisotopic (exact) mass is 430 g/mol. The standard InChI is InChI=1S/C21H23N2O3.BrH/c1-24-17-9-7-16(8-10-17)23-18(14-22-12-4-5-21(22)23)15-6-11-19(25-2)20(13-15)26-3;/h6-11,13-14H,4-5,12H2,1-3H3;1H/q+1;/p-1. The lowest BCUT2D eigenvalue weighted by molar-refractivity contribution is -0.689. The first-order valence-corrected chi connectivity index (χ1v) is 8.76. The highest BCUT2D eigenvalue weighted by atomic mass is 79.9. The maximum atomic E-state index is 5.49. The van der Waals surface area contributed by atoms with E-state index < -0.39 is 0 Å². The van der Waals surface area contributed by atoms with Crippen molar-refractivity contribution in [2.75, 3.05) is 21.3 Å². The minimum absolute atomic E-state index is 0. The lowest BCUT2D eigenvalue weighted by atomic mass is 10.1. The molecule has 0 radical (unpaired) electrons. The number of hydrogen-bond acceptors (Lipinski definition) is 3. The number of halogens is 1. The zero-order valence-electron chi connectivity index (χ0n) is 15.7. The molecule has 0 aliphatic carbocycles. The van der Waals surface area contributed by atoms with Crippen molar-refractivity contribution in [1.82, 2.24) is 4.57 Å². The van der Waals surface area contributed by atoms with Crippen LogP contribution in [0.4, 0.5) is 0 Å². The Morgan fingerprint density at radius 1 is 0.889 bits per heavy atom. The first kappa shape index (κ1) is 19.3. The summed E-state index contributed by atoms with van der Waals surface area (Å²) in [6.07, 6.45) is 4.48. The third-order valence-electron chi connectivity index (χ3n) is 4.92. The van der Waals surface area contributed by atoms with Crippen molar-refractivity contribution >= 4 is 0 Å². The summed E-state index contributed by atoms with van der Waals surface area (Å²) in [4.78, 5) is 0. The molecular formula is C21H23BrN2O3. The van der Waals surface area contributed by atoms with Gasteiger partial charge in [-0.05, 0) is 48.9 Å². The molecule has 0 fully saturated rings. The number of imidazole rings is 1. The Kier molecular flexibility index (Phi) is 5.75. The molecule has 0 atom stereocenters. The van der Waals surface area contributed by atoms with E-state index in [0.29, 0.717) is 0 Å². The molecule has 4 rings (SSSR count). The first-order valence-electron chi connectivity index (χ1n) is 8.76. The molecule has 5 nitrogen and oxygen atoms in total. The van der Waals surface area contributed by atoms with Crippen molar-refractivity contribution in [3.63, 3.8) is 0 Å². The van der Waals surface area contributed by atoms with Crippen molar-refractivity contribution < 1.29 is 35.8 Å². The highest BCUT2D eigenvalue weighted by Crippen LogP contribution is 2.34. The van der Waals surface area contributed by atoms with E-state index in [1.807, 2.05) is 24.3 Å². The molecule has 0 saturated heterocycles. The predicted molar refractivity (Wildman–Crippen MR) is 99.4 cm³/mol. The second-order valence-corrected chi connectivity index (χ2v) is 6.33. The second-order valence-electron chi connectivity index (χ2n) is 6.33. The highest BCUT2D eigenvalue weighted by Gasteiger charge is 2.29. The van der Waals surface area contributed by atoms with E-state index in [1.54, 1.807) is 21.3 Å². The summed E-state index contributed by atoms with van der Waals surface area (Å²) >= 11 is 0. The molecule has 1 aliphatic heterocycles. The quantitative estimate of drug-likeness (QED) is 0.550. The third kappa shape index (κ3) is 3.41. The summed E-state index contributed by atoms with van der Waals surface area (Å²) in [5.74, 6) is 3.65. The molecule has 0 unspecified atom stereocenters. The van der Waals surface area contributed by atoms with Crippen molar-refractivity contribution in [3.8, 4) is 34.2 Å². The van der Waals surface area contributed by atoms with E-state index in [0.717, 1.165) is 47.2 Å². The highest BCUT2D eigenvalue weighted by molar-refractivity contribution is 5.66. The molecular weight excluding hydrogens is 408 g/mol. The molecule has 0 saturated carbocycles. The third-order valence-corrected chi connectivity index (χ3v) is 4.92. The van der Waals surface area contributed by atoms with Gasteiger partial charge in [-0.2, -0.15) is 4.57 Å². The van der Waals surface area contributed by atoms with Gasteiger partial charge in [0.2, 0.25) is 0 Å².